The summed E-state index contributed by atoms with van der Waals surface area (Å²) >= 11 is 0. The third kappa shape index (κ3) is 2.30. The normalized spacial score (nSPS) is 33.1. The van der Waals surface area contributed by atoms with Gasteiger partial charge in [0.2, 0.25) is 11.8 Å². The summed E-state index contributed by atoms with van der Waals surface area (Å²) in [6.45, 7) is 7.58. The minimum atomic E-state index is -0.0173. The summed E-state index contributed by atoms with van der Waals surface area (Å²) < 4.78 is 0. The summed E-state index contributed by atoms with van der Waals surface area (Å²) in [6.07, 6.45) is 2.91. The van der Waals surface area contributed by atoms with Crippen LogP contribution in [0.25, 0.3) is 0 Å². The van der Waals surface area contributed by atoms with Gasteiger partial charge in [-0.2, -0.15) is 0 Å². The molecule has 2 amide bonds. The second-order valence-corrected chi connectivity index (χ2v) is 5.70. The minimum absolute atomic E-state index is 0.0173. The van der Waals surface area contributed by atoms with Gasteiger partial charge in [0.05, 0.1) is 11.8 Å². The molecule has 2 fully saturated rings. The standard InChI is InChI=1S/C14H24N2O2/c1-4-10-6-11-12(7-10)14(18)16(13(11)17)8-9(3)15-5-2/h9-12,15H,4-8H2,1-3H3. The Morgan fingerprint density at radius 3 is 2.22 bits per heavy atom. The van der Waals surface area contributed by atoms with E-state index in [1.165, 1.54) is 4.90 Å². The quantitative estimate of drug-likeness (QED) is 0.753. The molecule has 3 unspecified atom stereocenters. The van der Waals surface area contributed by atoms with Crippen molar-refractivity contribution in [1.82, 2.24) is 10.2 Å². The van der Waals surface area contributed by atoms with E-state index in [0.717, 1.165) is 25.8 Å². The molecule has 1 aliphatic carbocycles. The van der Waals surface area contributed by atoms with Crippen LogP contribution in [0.3, 0.4) is 0 Å². The second-order valence-electron chi connectivity index (χ2n) is 5.70. The zero-order valence-electron chi connectivity index (χ0n) is 11.6. The summed E-state index contributed by atoms with van der Waals surface area (Å²) in [5.74, 6) is 0.685. The van der Waals surface area contributed by atoms with Gasteiger partial charge in [-0.1, -0.05) is 20.3 Å². The molecule has 1 saturated heterocycles. The van der Waals surface area contributed by atoms with Crippen molar-refractivity contribution in [2.45, 2.75) is 46.1 Å². The lowest BCUT2D eigenvalue weighted by molar-refractivity contribution is -0.140. The Balaban J connectivity index is 2.00. The van der Waals surface area contributed by atoms with E-state index in [4.69, 9.17) is 0 Å². The smallest absolute Gasteiger partial charge is 0.233 e. The lowest BCUT2D eigenvalue weighted by Gasteiger charge is -2.21. The number of fused-ring (bicyclic) bond motifs is 1. The monoisotopic (exact) mass is 252 g/mol. The van der Waals surface area contributed by atoms with Gasteiger partial charge in [-0.05, 0) is 32.2 Å². The zero-order valence-corrected chi connectivity index (χ0v) is 11.6. The van der Waals surface area contributed by atoms with Gasteiger partial charge in [0.15, 0.2) is 0 Å². The van der Waals surface area contributed by atoms with E-state index in [1.54, 1.807) is 0 Å². The number of nitrogens with one attached hydrogen (secondary N) is 1. The van der Waals surface area contributed by atoms with Crippen LogP contribution in [0.15, 0.2) is 0 Å². The molecule has 1 N–H and O–H groups in total. The van der Waals surface area contributed by atoms with E-state index in [9.17, 15) is 9.59 Å². The molecule has 0 aromatic heterocycles. The van der Waals surface area contributed by atoms with E-state index in [0.29, 0.717) is 12.5 Å². The molecule has 102 valence electrons. The fraction of sp³-hybridized carbons (Fsp3) is 0.857. The van der Waals surface area contributed by atoms with Gasteiger partial charge in [-0.15, -0.1) is 0 Å². The molecule has 0 aromatic rings. The number of carbonyl (C=O) groups is 2. The Morgan fingerprint density at radius 2 is 1.78 bits per heavy atom. The fourth-order valence-corrected chi connectivity index (χ4v) is 3.40. The summed E-state index contributed by atoms with van der Waals surface area (Å²) in [6, 6.07) is 0.184. The Labute approximate surface area is 109 Å². The topological polar surface area (TPSA) is 49.4 Å². The average Bonchev–Trinajstić information content (AvgIpc) is 2.86. The number of rotatable bonds is 5. The lowest BCUT2D eigenvalue weighted by Crippen LogP contribution is -2.43. The maximum Gasteiger partial charge on any atom is 0.233 e. The molecule has 3 atom stereocenters. The van der Waals surface area contributed by atoms with Gasteiger partial charge >= 0.3 is 0 Å². The number of carbonyl (C=O) groups excluding carboxylic acids is 2. The average molecular weight is 252 g/mol. The number of likely N-dealkylation sites (N-methyl/N-ethyl adjacent to an activating group) is 1. The molecule has 4 heteroatoms. The van der Waals surface area contributed by atoms with E-state index in [2.05, 4.69) is 12.2 Å². The largest absolute Gasteiger partial charge is 0.313 e. The van der Waals surface area contributed by atoms with Crippen molar-refractivity contribution < 1.29 is 9.59 Å². The van der Waals surface area contributed by atoms with Gasteiger partial charge in [0.25, 0.3) is 0 Å². The molecule has 4 nitrogen and oxygen atoms in total. The number of hydrogen-bond donors (Lipinski definition) is 1. The zero-order chi connectivity index (χ0) is 13.3. The van der Waals surface area contributed by atoms with Crippen molar-refractivity contribution in [3.63, 3.8) is 0 Å². The van der Waals surface area contributed by atoms with Gasteiger partial charge in [0.1, 0.15) is 0 Å². The first-order valence-corrected chi connectivity index (χ1v) is 7.17. The second kappa shape index (κ2) is 5.39. The molecule has 0 spiro atoms. The molecule has 0 aromatic carbocycles. The Morgan fingerprint density at radius 1 is 1.22 bits per heavy atom. The van der Waals surface area contributed by atoms with Crippen LogP contribution in [-0.4, -0.2) is 35.8 Å². The van der Waals surface area contributed by atoms with Crippen LogP contribution in [0.1, 0.15) is 40.0 Å². The highest BCUT2D eigenvalue weighted by Crippen LogP contribution is 2.44. The van der Waals surface area contributed by atoms with Crippen molar-refractivity contribution in [3.8, 4) is 0 Å². The molecule has 1 aliphatic heterocycles. The maximum atomic E-state index is 12.3. The van der Waals surface area contributed by atoms with Crippen LogP contribution in [0.4, 0.5) is 0 Å². The van der Waals surface area contributed by atoms with Crippen molar-refractivity contribution in [1.29, 1.82) is 0 Å². The molecule has 0 bridgehead atoms. The van der Waals surface area contributed by atoms with Crippen molar-refractivity contribution in [3.05, 3.63) is 0 Å². The Bertz CT molecular complexity index is 319. The SMILES string of the molecule is CCNC(C)CN1C(=O)C2CC(CC)CC2C1=O. The highest BCUT2D eigenvalue weighted by molar-refractivity contribution is 6.05. The summed E-state index contributed by atoms with van der Waals surface area (Å²) in [5, 5.41) is 3.25. The third-order valence-corrected chi connectivity index (χ3v) is 4.41. The number of nitrogens with zero attached hydrogens (tertiary/aromatic N) is 1. The fourth-order valence-electron chi connectivity index (χ4n) is 3.40. The summed E-state index contributed by atoms with van der Waals surface area (Å²) in [4.78, 5) is 26.0. The van der Waals surface area contributed by atoms with Gasteiger partial charge in [-0.25, -0.2) is 0 Å². The highest BCUT2D eigenvalue weighted by atomic mass is 16.2. The molecular formula is C14H24N2O2. The van der Waals surface area contributed by atoms with Crippen molar-refractivity contribution in [2.75, 3.05) is 13.1 Å². The first-order valence-electron chi connectivity index (χ1n) is 7.17. The van der Waals surface area contributed by atoms with Crippen LogP contribution in [0.5, 0.6) is 0 Å². The van der Waals surface area contributed by atoms with E-state index < -0.39 is 0 Å². The maximum absolute atomic E-state index is 12.3. The first-order chi connectivity index (χ1) is 8.58. The molecule has 2 rings (SSSR count). The van der Waals surface area contributed by atoms with Crippen molar-refractivity contribution in [2.24, 2.45) is 17.8 Å². The highest BCUT2D eigenvalue weighted by Gasteiger charge is 2.52. The molecule has 1 saturated carbocycles. The van der Waals surface area contributed by atoms with E-state index in [-0.39, 0.29) is 29.7 Å². The molecule has 2 aliphatic rings. The number of hydrogen-bond acceptors (Lipinski definition) is 3. The van der Waals surface area contributed by atoms with E-state index in [1.807, 2.05) is 13.8 Å². The van der Waals surface area contributed by atoms with Crippen LogP contribution >= 0.6 is 0 Å². The predicted octanol–water partition coefficient (Wildman–Crippen LogP) is 1.41. The van der Waals surface area contributed by atoms with Crippen LogP contribution < -0.4 is 5.32 Å². The van der Waals surface area contributed by atoms with Crippen LogP contribution in [0, 0.1) is 17.8 Å². The molecule has 18 heavy (non-hydrogen) atoms. The third-order valence-electron chi connectivity index (χ3n) is 4.41. The predicted molar refractivity (Wildman–Crippen MR) is 69.9 cm³/mol. The molecule has 0 radical (unpaired) electrons. The van der Waals surface area contributed by atoms with Crippen molar-refractivity contribution >= 4 is 11.8 Å². The first kappa shape index (κ1) is 13.5. The summed E-state index contributed by atoms with van der Waals surface area (Å²) in [5.41, 5.74) is 0. The Hall–Kier alpha value is -0.900. The number of imide groups is 1. The van der Waals surface area contributed by atoms with Crippen LogP contribution in [-0.2, 0) is 9.59 Å². The minimum Gasteiger partial charge on any atom is -0.313 e. The number of amides is 2. The molecule has 1 heterocycles. The molecular weight excluding hydrogens is 228 g/mol. The Kier molecular flexibility index (Phi) is 4.05. The van der Waals surface area contributed by atoms with Gasteiger partial charge in [0, 0.05) is 12.6 Å². The summed E-state index contributed by atoms with van der Waals surface area (Å²) in [7, 11) is 0. The van der Waals surface area contributed by atoms with E-state index >= 15 is 0 Å². The van der Waals surface area contributed by atoms with Gasteiger partial charge < -0.3 is 5.32 Å². The van der Waals surface area contributed by atoms with Crippen LogP contribution in [0.2, 0.25) is 0 Å². The number of likely N-dealkylation sites (tertiary alicyclic amines) is 1. The van der Waals surface area contributed by atoms with Gasteiger partial charge in [-0.3, -0.25) is 14.5 Å². The lowest BCUT2D eigenvalue weighted by atomic mass is 10.00.